The summed E-state index contributed by atoms with van der Waals surface area (Å²) in [6.45, 7) is 4.55. The maximum Gasteiger partial charge on any atom is 0.0456 e. The van der Waals surface area contributed by atoms with Gasteiger partial charge in [-0.05, 0) is 57.3 Å². The highest BCUT2D eigenvalue weighted by Crippen LogP contribution is 2.18. The average molecular weight is 271 g/mol. The lowest BCUT2D eigenvalue weighted by molar-refractivity contribution is 0.443. The molecule has 0 spiro atoms. The van der Waals surface area contributed by atoms with Crippen molar-refractivity contribution in [1.29, 1.82) is 0 Å². The molecule has 2 heterocycles. The number of hydrogen-bond acceptors (Lipinski definition) is 2. The number of aromatic nitrogens is 1. The molecule has 2 aromatic rings. The molecule has 1 aliphatic rings. The Hall–Kier alpha value is -1.32. The van der Waals surface area contributed by atoms with Gasteiger partial charge in [0, 0.05) is 29.2 Å². The lowest BCUT2D eigenvalue weighted by Gasteiger charge is -2.18. The first kappa shape index (κ1) is 13.7. The third-order valence-corrected chi connectivity index (χ3v) is 4.36. The SMILES string of the molecule is CC(CC1CCCN1)NCCc1c[nH]c2ccccc12. The minimum Gasteiger partial charge on any atom is -0.361 e. The van der Waals surface area contributed by atoms with Crippen LogP contribution in [0.4, 0.5) is 0 Å². The molecule has 0 amide bonds. The van der Waals surface area contributed by atoms with Crippen LogP contribution < -0.4 is 10.6 Å². The molecule has 2 atom stereocenters. The monoisotopic (exact) mass is 271 g/mol. The summed E-state index contributed by atoms with van der Waals surface area (Å²) >= 11 is 0. The van der Waals surface area contributed by atoms with Crippen LogP contribution in [0.15, 0.2) is 30.5 Å². The highest BCUT2D eigenvalue weighted by atomic mass is 15.0. The molecular formula is C17H25N3. The second-order valence-electron chi connectivity index (χ2n) is 5.99. The molecule has 3 N–H and O–H groups in total. The number of hydrogen-bond donors (Lipinski definition) is 3. The lowest BCUT2D eigenvalue weighted by atomic mass is 10.1. The third kappa shape index (κ3) is 3.22. The molecule has 1 saturated heterocycles. The first-order valence-electron chi connectivity index (χ1n) is 7.84. The summed E-state index contributed by atoms with van der Waals surface area (Å²) in [5, 5.41) is 8.59. The van der Waals surface area contributed by atoms with Crippen molar-refractivity contribution in [3.05, 3.63) is 36.0 Å². The van der Waals surface area contributed by atoms with Gasteiger partial charge in [-0.2, -0.15) is 0 Å². The molecule has 0 aliphatic carbocycles. The molecule has 1 aliphatic heterocycles. The van der Waals surface area contributed by atoms with E-state index < -0.39 is 0 Å². The fourth-order valence-electron chi connectivity index (χ4n) is 3.26. The number of para-hydroxylation sites is 1. The summed E-state index contributed by atoms with van der Waals surface area (Å²) in [6, 6.07) is 9.86. The topological polar surface area (TPSA) is 39.8 Å². The predicted molar refractivity (Wildman–Crippen MR) is 85.1 cm³/mol. The van der Waals surface area contributed by atoms with Crippen LogP contribution in [0.2, 0.25) is 0 Å². The minimum atomic E-state index is 0.593. The molecule has 108 valence electrons. The van der Waals surface area contributed by atoms with E-state index in [2.05, 4.69) is 53.0 Å². The quantitative estimate of drug-likeness (QED) is 0.756. The molecular weight excluding hydrogens is 246 g/mol. The van der Waals surface area contributed by atoms with Gasteiger partial charge in [0.2, 0.25) is 0 Å². The number of nitrogens with one attached hydrogen (secondary N) is 3. The van der Waals surface area contributed by atoms with Gasteiger partial charge in [0.1, 0.15) is 0 Å². The Kier molecular flexibility index (Phi) is 4.38. The molecule has 20 heavy (non-hydrogen) atoms. The Bertz CT molecular complexity index is 540. The van der Waals surface area contributed by atoms with E-state index in [-0.39, 0.29) is 0 Å². The second kappa shape index (κ2) is 6.42. The van der Waals surface area contributed by atoms with Gasteiger partial charge in [0.25, 0.3) is 0 Å². The van der Waals surface area contributed by atoms with Gasteiger partial charge < -0.3 is 15.6 Å². The molecule has 2 unspecified atom stereocenters. The average Bonchev–Trinajstić information content (AvgIpc) is 3.09. The van der Waals surface area contributed by atoms with Crippen LogP contribution in [0.25, 0.3) is 10.9 Å². The van der Waals surface area contributed by atoms with Gasteiger partial charge in [-0.15, -0.1) is 0 Å². The van der Waals surface area contributed by atoms with Crippen molar-refractivity contribution in [3.63, 3.8) is 0 Å². The zero-order chi connectivity index (χ0) is 13.8. The van der Waals surface area contributed by atoms with Gasteiger partial charge >= 0.3 is 0 Å². The van der Waals surface area contributed by atoms with Gasteiger partial charge in [-0.3, -0.25) is 0 Å². The Labute approximate surface area is 121 Å². The van der Waals surface area contributed by atoms with Gasteiger partial charge in [0.05, 0.1) is 0 Å². The van der Waals surface area contributed by atoms with Crippen LogP contribution in [0.1, 0.15) is 31.7 Å². The van der Waals surface area contributed by atoms with Crippen molar-refractivity contribution in [2.24, 2.45) is 0 Å². The maximum atomic E-state index is 3.66. The highest BCUT2D eigenvalue weighted by molar-refractivity contribution is 5.83. The third-order valence-electron chi connectivity index (χ3n) is 4.36. The number of H-pyrrole nitrogens is 1. The second-order valence-corrected chi connectivity index (χ2v) is 5.99. The van der Waals surface area contributed by atoms with Gasteiger partial charge in [0.15, 0.2) is 0 Å². The van der Waals surface area contributed by atoms with Crippen LogP contribution >= 0.6 is 0 Å². The van der Waals surface area contributed by atoms with Crippen molar-refractivity contribution in [2.75, 3.05) is 13.1 Å². The van der Waals surface area contributed by atoms with Crippen molar-refractivity contribution >= 4 is 10.9 Å². The predicted octanol–water partition coefficient (Wildman–Crippen LogP) is 2.83. The van der Waals surface area contributed by atoms with E-state index in [0.717, 1.165) is 19.0 Å². The zero-order valence-electron chi connectivity index (χ0n) is 12.3. The molecule has 0 radical (unpaired) electrons. The van der Waals surface area contributed by atoms with Crippen molar-refractivity contribution in [1.82, 2.24) is 15.6 Å². The largest absolute Gasteiger partial charge is 0.361 e. The molecule has 1 fully saturated rings. The number of rotatable bonds is 6. The zero-order valence-corrected chi connectivity index (χ0v) is 12.3. The van der Waals surface area contributed by atoms with E-state index in [4.69, 9.17) is 0 Å². The summed E-state index contributed by atoms with van der Waals surface area (Å²) in [5.74, 6) is 0. The first-order chi connectivity index (χ1) is 9.83. The van der Waals surface area contributed by atoms with E-state index in [1.807, 2.05) is 0 Å². The van der Waals surface area contributed by atoms with Gasteiger partial charge in [-0.25, -0.2) is 0 Å². The maximum absolute atomic E-state index is 3.66. The Morgan fingerprint density at radius 3 is 3.10 bits per heavy atom. The van der Waals surface area contributed by atoms with E-state index >= 15 is 0 Å². The number of benzene rings is 1. The minimum absolute atomic E-state index is 0.593. The standard InChI is InChI=1S/C17H25N3/c1-13(11-15-5-4-9-19-15)18-10-8-14-12-20-17-7-3-2-6-16(14)17/h2-3,6-7,12-13,15,18-20H,4-5,8-11H2,1H3. The summed E-state index contributed by atoms with van der Waals surface area (Å²) < 4.78 is 0. The molecule has 0 saturated carbocycles. The molecule has 3 nitrogen and oxygen atoms in total. The van der Waals surface area contributed by atoms with Crippen LogP contribution in [0.5, 0.6) is 0 Å². The Morgan fingerprint density at radius 2 is 2.25 bits per heavy atom. The van der Waals surface area contributed by atoms with E-state index in [1.165, 1.54) is 42.3 Å². The number of fused-ring (bicyclic) bond motifs is 1. The van der Waals surface area contributed by atoms with Crippen LogP contribution in [-0.2, 0) is 6.42 Å². The summed E-state index contributed by atoms with van der Waals surface area (Å²) in [7, 11) is 0. The van der Waals surface area contributed by atoms with Crippen LogP contribution in [0, 0.1) is 0 Å². The smallest absolute Gasteiger partial charge is 0.0456 e. The Balaban J connectivity index is 1.47. The van der Waals surface area contributed by atoms with E-state index in [9.17, 15) is 0 Å². The summed E-state index contributed by atoms with van der Waals surface area (Å²) in [6.07, 6.45) is 7.16. The normalized spacial score (nSPS) is 20.6. The fraction of sp³-hybridized carbons (Fsp3) is 0.529. The molecule has 0 bridgehead atoms. The first-order valence-corrected chi connectivity index (χ1v) is 7.84. The fourth-order valence-corrected chi connectivity index (χ4v) is 3.26. The summed E-state index contributed by atoms with van der Waals surface area (Å²) in [5.41, 5.74) is 2.66. The van der Waals surface area contributed by atoms with Crippen molar-refractivity contribution in [3.8, 4) is 0 Å². The molecule has 1 aromatic carbocycles. The lowest BCUT2D eigenvalue weighted by Crippen LogP contribution is -2.34. The van der Waals surface area contributed by atoms with Crippen molar-refractivity contribution in [2.45, 2.75) is 44.7 Å². The summed E-state index contributed by atoms with van der Waals surface area (Å²) in [4.78, 5) is 3.35. The Morgan fingerprint density at radius 1 is 1.35 bits per heavy atom. The van der Waals surface area contributed by atoms with Crippen LogP contribution in [-0.4, -0.2) is 30.2 Å². The molecule has 3 heteroatoms. The molecule has 1 aromatic heterocycles. The van der Waals surface area contributed by atoms with E-state index in [1.54, 1.807) is 0 Å². The molecule has 3 rings (SSSR count). The highest BCUT2D eigenvalue weighted by Gasteiger charge is 2.16. The van der Waals surface area contributed by atoms with Crippen LogP contribution in [0.3, 0.4) is 0 Å². The van der Waals surface area contributed by atoms with E-state index in [0.29, 0.717) is 6.04 Å². The van der Waals surface area contributed by atoms with Crippen molar-refractivity contribution < 1.29 is 0 Å². The van der Waals surface area contributed by atoms with Gasteiger partial charge in [-0.1, -0.05) is 18.2 Å². The number of aromatic amines is 1.